The molecule has 0 bridgehead atoms. The second-order valence-electron chi connectivity index (χ2n) is 6.01. The molecule has 0 aliphatic heterocycles. The molecule has 0 amide bonds. The Labute approximate surface area is 123 Å². The lowest BCUT2D eigenvalue weighted by atomic mass is 10.1. The van der Waals surface area contributed by atoms with E-state index in [4.69, 9.17) is 4.74 Å². The highest BCUT2D eigenvalue weighted by Gasteiger charge is 2.34. The molecule has 0 spiro atoms. The highest BCUT2D eigenvalue weighted by Crippen LogP contribution is 2.37. The van der Waals surface area contributed by atoms with E-state index in [0.717, 1.165) is 19.3 Å². The van der Waals surface area contributed by atoms with Gasteiger partial charge in [-0.1, -0.05) is 19.9 Å². The van der Waals surface area contributed by atoms with E-state index in [1.807, 2.05) is 13.8 Å². The standard InChI is InChI=1S/C16H22F3NO/c1-11(2)7-8-21-15-6-3-12(10-20-13-4-5-13)9-14(15)16(17,18)19/h3,6,9,11,13,20H,4-5,7-8,10H2,1-2H3. The van der Waals surface area contributed by atoms with Crippen LogP contribution in [0, 0.1) is 5.92 Å². The lowest BCUT2D eigenvalue weighted by Crippen LogP contribution is -2.16. The van der Waals surface area contributed by atoms with Crippen LogP contribution in [0.25, 0.3) is 0 Å². The van der Waals surface area contributed by atoms with Gasteiger partial charge in [0.2, 0.25) is 0 Å². The third-order valence-corrected chi connectivity index (χ3v) is 3.47. The quantitative estimate of drug-likeness (QED) is 0.807. The number of rotatable bonds is 7. The van der Waals surface area contributed by atoms with Gasteiger partial charge in [-0.05, 0) is 42.9 Å². The summed E-state index contributed by atoms with van der Waals surface area (Å²) in [6.07, 6.45) is -1.42. The Morgan fingerprint density at radius 1 is 1.29 bits per heavy atom. The van der Waals surface area contributed by atoms with E-state index in [1.165, 1.54) is 12.1 Å². The van der Waals surface area contributed by atoms with Crippen LogP contribution in [-0.2, 0) is 12.7 Å². The maximum Gasteiger partial charge on any atom is 0.419 e. The molecule has 2 rings (SSSR count). The first-order valence-electron chi connectivity index (χ1n) is 7.42. The first kappa shape index (κ1) is 16.1. The molecule has 1 aliphatic rings. The van der Waals surface area contributed by atoms with Crippen LogP contribution in [0.3, 0.4) is 0 Å². The summed E-state index contributed by atoms with van der Waals surface area (Å²) in [5.41, 5.74) is -0.0354. The second-order valence-corrected chi connectivity index (χ2v) is 6.01. The van der Waals surface area contributed by atoms with Crippen LogP contribution >= 0.6 is 0 Å². The van der Waals surface area contributed by atoms with Gasteiger partial charge in [0.05, 0.1) is 12.2 Å². The van der Waals surface area contributed by atoms with Crippen molar-refractivity contribution in [1.82, 2.24) is 5.32 Å². The summed E-state index contributed by atoms with van der Waals surface area (Å²) in [6, 6.07) is 4.81. The van der Waals surface area contributed by atoms with Crippen molar-refractivity contribution in [3.63, 3.8) is 0 Å². The number of alkyl halides is 3. The van der Waals surface area contributed by atoms with Crippen LogP contribution in [0.5, 0.6) is 5.75 Å². The molecule has 5 heteroatoms. The highest BCUT2D eigenvalue weighted by molar-refractivity contribution is 5.39. The molecular formula is C16H22F3NO. The highest BCUT2D eigenvalue weighted by atomic mass is 19.4. The minimum absolute atomic E-state index is 0.0710. The molecule has 0 unspecified atom stereocenters. The molecule has 1 aliphatic carbocycles. The predicted octanol–water partition coefficient (Wildman–Crippen LogP) is 4.38. The SMILES string of the molecule is CC(C)CCOc1ccc(CNC2CC2)cc1C(F)(F)F. The van der Waals surface area contributed by atoms with Crippen molar-refractivity contribution < 1.29 is 17.9 Å². The van der Waals surface area contributed by atoms with E-state index in [1.54, 1.807) is 6.07 Å². The number of ether oxygens (including phenoxy) is 1. The third kappa shape index (κ3) is 5.23. The summed E-state index contributed by atoms with van der Waals surface area (Å²) in [7, 11) is 0. The van der Waals surface area contributed by atoms with Gasteiger partial charge in [0.25, 0.3) is 0 Å². The fourth-order valence-electron chi connectivity index (χ4n) is 1.99. The lowest BCUT2D eigenvalue weighted by Gasteiger charge is -2.16. The Morgan fingerprint density at radius 3 is 2.57 bits per heavy atom. The van der Waals surface area contributed by atoms with Gasteiger partial charge in [-0.25, -0.2) is 0 Å². The van der Waals surface area contributed by atoms with Crippen LogP contribution in [0.1, 0.15) is 44.2 Å². The number of nitrogens with one attached hydrogen (secondary N) is 1. The zero-order valence-corrected chi connectivity index (χ0v) is 12.5. The third-order valence-electron chi connectivity index (χ3n) is 3.47. The summed E-state index contributed by atoms with van der Waals surface area (Å²) in [5, 5.41) is 3.22. The molecule has 0 radical (unpaired) electrons. The summed E-state index contributed by atoms with van der Waals surface area (Å²) in [6.45, 7) is 4.81. The van der Waals surface area contributed by atoms with Crippen LogP contribution in [0.15, 0.2) is 18.2 Å². The van der Waals surface area contributed by atoms with Crippen LogP contribution < -0.4 is 10.1 Å². The Hall–Kier alpha value is -1.23. The van der Waals surface area contributed by atoms with Crippen LogP contribution in [-0.4, -0.2) is 12.6 Å². The fourth-order valence-corrected chi connectivity index (χ4v) is 1.99. The van der Waals surface area contributed by atoms with E-state index < -0.39 is 11.7 Å². The fraction of sp³-hybridized carbons (Fsp3) is 0.625. The van der Waals surface area contributed by atoms with Gasteiger partial charge in [0, 0.05) is 12.6 Å². The smallest absolute Gasteiger partial charge is 0.419 e. The van der Waals surface area contributed by atoms with Gasteiger partial charge in [0.15, 0.2) is 0 Å². The summed E-state index contributed by atoms with van der Waals surface area (Å²) >= 11 is 0. The van der Waals surface area contributed by atoms with Crippen LogP contribution in [0.2, 0.25) is 0 Å². The molecule has 0 saturated heterocycles. The van der Waals surface area contributed by atoms with Crippen molar-refractivity contribution in [2.45, 2.75) is 51.9 Å². The average Bonchev–Trinajstić information content (AvgIpc) is 3.19. The Balaban J connectivity index is 2.06. The van der Waals surface area contributed by atoms with Gasteiger partial charge in [-0.3, -0.25) is 0 Å². The van der Waals surface area contributed by atoms with Crippen molar-refractivity contribution in [3.8, 4) is 5.75 Å². The first-order chi connectivity index (χ1) is 9.86. The molecule has 21 heavy (non-hydrogen) atoms. The molecule has 1 aromatic rings. The van der Waals surface area contributed by atoms with Crippen molar-refractivity contribution in [2.75, 3.05) is 6.61 Å². The number of hydrogen-bond donors (Lipinski definition) is 1. The van der Waals surface area contributed by atoms with E-state index in [-0.39, 0.29) is 5.75 Å². The number of hydrogen-bond acceptors (Lipinski definition) is 2. The van der Waals surface area contributed by atoms with Crippen molar-refractivity contribution in [1.29, 1.82) is 0 Å². The maximum atomic E-state index is 13.1. The topological polar surface area (TPSA) is 21.3 Å². The average molecular weight is 301 g/mol. The van der Waals surface area contributed by atoms with E-state index in [2.05, 4.69) is 5.32 Å². The normalized spacial score (nSPS) is 15.5. The van der Waals surface area contributed by atoms with E-state index in [0.29, 0.717) is 30.7 Å². The van der Waals surface area contributed by atoms with Crippen molar-refractivity contribution in [3.05, 3.63) is 29.3 Å². The van der Waals surface area contributed by atoms with E-state index >= 15 is 0 Å². The van der Waals surface area contributed by atoms with Gasteiger partial charge < -0.3 is 10.1 Å². The molecule has 0 atom stereocenters. The molecule has 1 fully saturated rings. The summed E-state index contributed by atoms with van der Waals surface area (Å²) < 4.78 is 44.7. The zero-order valence-electron chi connectivity index (χ0n) is 12.5. The van der Waals surface area contributed by atoms with Gasteiger partial charge in [-0.2, -0.15) is 13.2 Å². The Bertz CT molecular complexity index is 467. The molecular weight excluding hydrogens is 279 g/mol. The first-order valence-corrected chi connectivity index (χ1v) is 7.42. The molecule has 1 N–H and O–H groups in total. The van der Waals surface area contributed by atoms with E-state index in [9.17, 15) is 13.2 Å². The largest absolute Gasteiger partial charge is 0.493 e. The molecule has 0 aromatic heterocycles. The molecule has 1 saturated carbocycles. The monoisotopic (exact) mass is 301 g/mol. The van der Waals surface area contributed by atoms with Gasteiger partial charge in [-0.15, -0.1) is 0 Å². The summed E-state index contributed by atoms with van der Waals surface area (Å²) in [4.78, 5) is 0. The molecule has 118 valence electrons. The lowest BCUT2D eigenvalue weighted by molar-refractivity contribution is -0.139. The molecule has 2 nitrogen and oxygen atoms in total. The molecule has 1 aromatic carbocycles. The minimum Gasteiger partial charge on any atom is -0.493 e. The maximum absolute atomic E-state index is 13.1. The number of halogens is 3. The Morgan fingerprint density at radius 2 is 2.00 bits per heavy atom. The van der Waals surface area contributed by atoms with Crippen LogP contribution in [0.4, 0.5) is 13.2 Å². The predicted molar refractivity (Wildman–Crippen MR) is 76.3 cm³/mol. The van der Waals surface area contributed by atoms with Crippen molar-refractivity contribution >= 4 is 0 Å². The summed E-state index contributed by atoms with van der Waals surface area (Å²) in [5.74, 6) is 0.333. The number of benzene rings is 1. The molecule has 0 heterocycles. The Kier molecular flexibility index (Phi) is 5.14. The van der Waals surface area contributed by atoms with Gasteiger partial charge in [0.1, 0.15) is 5.75 Å². The van der Waals surface area contributed by atoms with Gasteiger partial charge >= 0.3 is 6.18 Å². The zero-order chi connectivity index (χ0) is 15.5. The second kappa shape index (κ2) is 6.69. The van der Waals surface area contributed by atoms with Crippen molar-refractivity contribution in [2.24, 2.45) is 5.92 Å². The minimum atomic E-state index is -4.39.